The summed E-state index contributed by atoms with van der Waals surface area (Å²) < 4.78 is 46.2. The first kappa shape index (κ1) is 34.7. The second-order valence-electron chi connectivity index (χ2n) is 12.1. The highest BCUT2D eigenvalue weighted by atomic mass is 32.2. The van der Waals surface area contributed by atoms with Gasteiger partial charge in [-0.25, -0.2) is 10.0 Å². The second kappa shape index (κ2) is 14.9. The van der Waals surface area contributed by atoms with Crippen molar-refractivity contribution in [3.8, 4) is 0 Å². The summed E-state index contributed by atoms with van der Waals surface area (Å²) in [4.78, 5) is 25.8. The average molecular weight is 566 g/mol. The second-order valence-corrected chi connectivity index (χ2v) is 13.8. The Morgan fingerprint density at radius 3 is 2.03 bits per heavy atom. The molecular weight excluding hydrogens is 514 g/mol. The number of ether oxygens (including phenoxy) is 3. The lowest BCUT2D eigenvalue weighted by Gasteiger charge is -2.32. The van der Waals surface area contributed by atoms with Crippen molar-refractivity contribution < 1.29 is 36.4 Å². The Morgan fingerprint density at radius 2 is 1.50 bits per heavy atom. The number of hydrogen-bond donors (Lipinski definition) is 1. The minimum atomic E-state index is -3.64. The highest BCUT2D eigenvalue weighted by Crippen LogP contribution is 2.32. The first-order valence-corrected chi connectivity index (χ1v) is 15.1. The van der Waals surface area contributed by atoms with E-state index in [2.05, 4.69) is 5.53 Å². The van der Waals surface area contributed by atoms with Gasteiger partial charge in [-0.2, -0.15) is 14.0 Å². The SMILES string of the molecule is CCOCC1CN(CCCS(=O)(=O)OCCCCCC(C)(C(=O)OC(C)(C)C)C(=O)OC(C)(C)C)NN1C. The molecule has 0 saturated carbocycles. The van der Waals surface area contributed by atoms with E-state index in [9.17, 15) is 18.0 Å². The van der Waals surface area contributed by atoms with Gasteiger partial charge in [-0.05, 0) is 74.7 Å². The van der Waals surface area contributed by atoms with Crippen molar-refractivity contribution in [2.24, 2.45) is 5.41 Å². The molecule has 1 atom stereocenters. The topological polar surface area (TPSA) is 124 Å². The Labute approximate surface area is 229 Å². The fraction of sp³-hybridized carbons (Fsp3) is 0.923. The van der Waals surface area contributed by atoms with Gasteiger partial charge in [-0.1, -0.05) is 12.8 Å². The van der Waals surface area contributed by atoms with E-state index in [-0.39, 0.29) is 24.8 Å². The standard InChI is InChI=1S/C26H51N3O8S/c1-10-34-20-21-19-29(27-28(21)9)16-14-18-38(32,33)35-17-13-11-12-15-26(8,22(30)36-24(2,3)4)23(31)37-25(5,6)7/h21,27H,10-20H2,1-9H3. The molecule has 1 saturated heterocycles. The van der Waals surface area contributed by atoms with E-state index in [0.29, 0.717) is 45.4 Å². The van der Waals surface area contributed by atoms with E-state index in [1.165, 1.54) is 0 Å². The van der Waals surface area contributed by atoms with E-state index in [1.807, 2.05) is 24.0 Å². The number of carbonyl (C=O) groups excluding carboxylic acids is 2. The molecule has 0 aliphatic carbocycles. The fourth-order valence-electron chi connectivity index (χ4n) is 3.79. The molecular formula is C26H51N3O8S. The number of likely N-dealkylation sites (N-methyl/N-ethyl adjacent to an activating group) is 1. The van der Waals surface area contributed by atoms with Gasteiger partial charge in [0.1, 0.15) is 11.2 Å². The number of esters is 2. The summed E-state index contributed by atoms with van der Waals surface area (Å²) in [6.07, 6.45) is 2.24. The Kier molecular flexibility index (Phi) is 13.6. The Balaban J connectivity index is 2.44. The van der Waals surface area contributed by atoms with Crippen molar-refractivity contribution in [3.63, 3.8) is 0 Å². The summed E-state index contributed by atoms with van der Waals surface area (Å²) in [5.74, 6) is -1.32. The Morgan fingerprint density at radius 1 is 0.921 bits per heavy atom. The molecule has 0 spiro atoms. The maximum atomic E-state index is 12.9. The van der Waals surface area contributed by atoms with Crippen LogP contribution in [0.2, 0.25) is 0 Å². The van der Waals surface area contributed by atoms with Crippen molar-refractivity contribution in [2.75, 3.05) is 45.7 Å². The van der Waals surface area contributed by atoms with E-state index in [4.69, 9.17) is 18.4 Å². The predicted molar refractivity (Wildman–Crippen MR) is 145 cm³/mol. The Hall–Kier alpha value is -1.31. The van der Waals surface area contributed by atoms with Crippen LogP contribution in [0, 0.1) is 5.41 Å². The lowest BCUT2D eigenvalue weighted by atomic mass is 9.84. The van der Waals surface area contributed by atoms with E-state index in [0.717, 1.165) is 6.54 Å². The fourth-order valence-corrected chi connectivity index (χ4v) is 4.76. The number of hydrazine groups is 2. The van der Waals surface area contributed by atoms with Crippen molar-refractivity contribution in [3.05, 3.63) is 0 Å². The summed E-state index contributed by atoms with van der Waals surface area (Å²) in [7, 11) is -1.70. The van der Waals surface area contributed by atoms with Gasteiger partial charge in [0.2, 0.25) is 0 Å². The zero-order valence-corrected chi connectivity index (χ0v) is 25.7. The summed E-state index contributed by atoms with van der Waals surface area (Å²) in [6, 6.07) is 0.218. The first-order valence-electron chi connectivity index (χ1n) is 13.5. The monoisotopic (exact) mass is 565 g/mol. The van der Waals surface area contributed by atoms with Crippen LogP contribution in [0.3, 0.4) is 0 Å². The number of nitrogens with zero attached hydrogens (tertiary/aromatic N) is 2. The lowest BCUT2D eigenvalue weighted by Crippen LogP contribution is -2.44. The Bertz CT molecular complexity index is 824. The smallest absolute Gasteiger partial charge is 0.323 e. The average Bonchev–Trinajstić information content (AvgIpc) is 3.10. The van der Waals surface area contributed by atoms with Gasteiger partial charge in [-0.15, -0.1) is 0 Å². The van der Waals surface area contributed by atoms with Crippen molar-refractivity contribution in [2.45, 2.75) is 105 Å². The number of unbranched alkanes of at least 4 members (excludes halogenated alkanes) is 2. The highest BCUT2D eigenvalue weighted by molar-refractivity contribution is 7.86. The van der Waals surface area contributed by atoms with Crippen molar-refractivity contribution >= 4 is 22.1 Å². The molecule has 1 aliphatic heterocycles. The predicted octanol–water partition coefficient (Wildman–Crippen LogP) is 3.05. The molecule has 0 bridgehead atoms. The third-order valence-corrected chi connectivity index (χ3v) is 7.21. The number of nitrogens with one attached hydrogen (secondary N) is 1. The third-order valence-electron chi connectivity index (χ3n) is 5.90. The van der Waals surface area contributed by atoms with Crippen LogP contribution in [0.5, 0.6) is 0 Å². The number of rotatable bonds is 16. The van der Waals surface area contributed by atoms with Gasteiger partial charge < -0.3 is 14.2 Å². The summed E-state index contributed by atoms with van der Waals surface area (Å²) in [5.41, 5.74) is 0.268. The first-order chi connectivity index (χ1) is 17.4. The lowest BCUT2D eigenvalue weighted by molar-refractivity contribution is -0.184. The minimum Gasteiger partial charge on any atom is -0.459 e. The van der Waals surface area contributed by atoms with Crippen molar-refractivity contribution in [1.82, 2.24) is 15.6 Å². The minimum absolute atomic E-state index is 0.0546. The molecule has 12 heteroatoms. The quantitative estimate of drug-likeness (QED) is 0.129. The van der Waals surface area contributed by atoms with Crippen LogP contribution < -0.4 is 5.53 Å². The summed E-state index contributed by atoms with van der Waals surface area (Å²) in [5, 5.41) is 3.95. The molecule has 0 aromatic rings. The maximum absolute atomic E-state index is 12.9. The highest BCUT2D eigenvalue weighted by Gasteiger charge is 2.46. The van der Waals surface area contributed by atoms with Gasteiger partial charge in [0.25, 0.3) is 10.1 Å². The van der Waals surface area contributed by atoms with E-state index in [1.54, 1.807) is 48.5 Å². The van der Waals surface area contributed by atoms with Crippen LogP contribution in [-0.2, 0) is 38.1 Å². The molecule has 0 radical (unpaired) electrons. The number of hydrogen-bond acceptors (Lipinski definition) is 11. The van der Waals surface area contributed by atoms with Gasteiger partial charge in [0.05, 0.1) is 25.0 Å². The summed E-state index contributed by atoms with van der Waals surface area (Å²) >= 11 is 0. The molecule has 38 heavy (non-hydrogen) atoms. The molecule has 1 unspecified atom stereocenters. The largest absolute Gasteiger partial charge is 0.459 e. The zero-order valence-electron chi connectivity index (χ0n) is 24.9. The molecule has 1 fully saturated rings. The zero-order chi connectivity index (χ0) is 29.2. The van der Waals surface area contributed by atoms with Crippen LogP contribution >= 0.6 is 0 Å². The molecule has 0 aromatic heterocycles. The van der Waals surface area contributed by atoms with Crippen LogP contribution in [0.4, 0.5) is 0 Å². The van der Waals surface area contributed by atoms with Gasteiger partial charge >= 0.3 is 11.9 Å². The van der Waals surface area contributed by atoms with Gasteiger partial charge in [-0.3, -0.25) is 13.8 Å². The van der Waals surface area contributed by atoms with Crippen LogP contribution in [0.25, 0.3) is 0 Å². The molecule has 0 aromatic carbocycles. The summed E-state index contributed by atoms with van der Waals surface area (Å²) in [6.45, 7) is 16.6. The van der Waals surface area contributed by atoms with Crippen LogP contribution in [0.1, 0.15) is 87.5 Å². The van der Waals surface area contributed by atoms with E-state index < -0.39 is 38.7 Å². The van der Waals surface area contributed by atoms with Gasteiger partial charge in [0, 0.05) is 26.7 Å². The van der Waals surface area contributed by atoms with E-state index >= 15 is 0 Å². The molecule has 1 aliphatic rings. The van der Waals surface area contributed by atoms with Crippen molar-refractivity contribution in [1.29, 1.82) is 0 Å². The van der Waals surface area contributed by atoms with Gasteiger partial charge in [0.15, 0.2) is 5.41 Å². The van der Waals surface area contributed by atoms with Crippen LogP contribution in [-0.4, -0.2) is 93.3 Å². The normalized spacial score (nSPS) is 18.1. The third kappa shape index (κ3) is 13.2. The molecule has 0 amide bonds. The molecule has 11 nitrogen and oxygen atoms in total. The maximum Gasteiger partial charge on any atom is 0.323 e. The molecule has 224 valence electrons. The number of carbonyl (C=O) groups is 2. The van der Waals surface area contributed by atoms with Crippen LogP contribution in [0.15, 0.2) is 0 Å². The molecule has 1 N–H and O–H groups in total. The molecule has 1 heterocycles. The molecule has 1 rings (SSSR count).